The van der Waals surface area contributed by atoms with Gasteiger partial charge in [0.25, 0.3) is 0 Å². The number of hydrogen-bond acceptors (Lipinski definition) is 2. The van der Waals surface area contributed by atoms with Crippen LogP contribution >= 0.6 is 0 Å². The highest BCUT2D eigenvalue weighted by Crippen LogP contribution is 2.16. The minimum atomic E-state index is 0.850. The summed E-state index contributed by atoms with van der Waals surface area (Å²) in [4.78, 5) is 4.92. The second-order valence-electron chi connectivity index (χ2n) is 5.45. The van der Waals surface area contributed by atoms with Crippen LogP contribution in [0.15, 0.2) is 30.3 Å². The zero-order valence-electron chi connectivity index (χ0n) is 11.1. The lowest BCUT2D eigenvalue weighted by Crippen LogP contribution is -2.37. The Balaban J connectivity index is 1.79. The van der Waals surface area contributed by atoms with Gasteiger partial charge in [0.2, 0.25) is 0 Å². The lowest BCUT2D eigenvalue weighted by atomic mass is 9.98. The first kappa shape index (κ1) is 12.6. The third kappa shape index (κ3) is 4.14. The molecule has 2 rings (SSSR count). The van der Waals surface area contributed by atoms with Crippen LogP contribution in [0, 0.1) is 5.92 Å². The first-order valence-electron chi connectivity index (χ1n) is 6.65. The van der Waals surface area contributed by atoms with Crippen LogP contribution in [0.5, 0.6) is 0 Å². The van der Waals surface area contributed by atoms with Crippen LogP contribution in [-0.4, -0.2) is 43.5 Å². The first-order chi connectivity index (χ1) is 8.24. The molecule has 1 aromatic rings. The van der Waals surface area contributed by atoms with E-state index in [9.17, 15) is 0 Å². The quantitative estimate of drug-likeness (QED) is 0.787. The summed E-state index contributed by atoms with van der Waals surface area (Å²) in [5.74, 6) is 0.850. The van der Waals surface area contributed by atoms with Gasteiger partial charge in [0.1, 0.15) is 0 Å². The van der Waals surface area contributed by atoms with E-state index in [1.807, 2.05) is 0 Å². The van der Waals surface area contributed by atoms with E-state index in [2.05, 4.69) is 54.2 Å². The molecule has 0 unspecified atom stereocenters. The molecule has 0 amide bonds. The fraction of sp³-hybridized carbons (Fsp3) is 0.600. The Morgan fingerprint density at radius 1 is 1.29 bits per heavy atom. The van der Waals surface area contributed by atoms with Crippen LogP contribution in [-0.2, 0) is 6.54 Å². The van der Waals surface area contributed by atoms with E-state index in [1.54, 1.807) is 0 Å². The van der Waals surface area contributed by atoms with E-state index < -0.39 is 0 Å². The molecule has 0 aliphatic carbocycles. The summed E-state index contributed by atoms with van der Waals surface area (Å²) in [5, 5.41) is 0. The van der Waals surface area contributed by atoms with Gasteiger partial charge in [0, 0.05) is 19.6 Å². The Morgan fingerprint density at radius 3 is 2.76 bits per heavy atom. The van der Waals surface area contributed by atoms with Crippen molar-refractivity contribution in [1.29, 1.82) is 0 Å². The van der Waals surface area contributed by atoms with Gasteiger partial charge in [0.15, 0.2) is 0 Å². The van der Waals surface area contributed by atoms with Gasteiger partial charge in [-0.3, -0.25) is 0 Å². The van der Waals surface area contributed by atoms with E-state index in [0.29, 0.717) is 0 Å². The Bertz CT molecular complexity index is 323. The van der Waals surface area contributed by atoms with Gasteiger partial charge < -0.3 is 9.80 Å². The third-order valence-corrected chi connectivity index (χ3v) is 3.59. The monoisotopic (exact) mass is 232 g/mol. The Morgan fingerprint density at radius 2 is 2.06 bits per heavy atom. The van der Waals surface area contributed by atoms with Crippen LogP contribution in [0.3, 0.4) is 0 Å². The topological polar surface area (TPSA) is 6.48 Å². The number of piperidine rings is 1. The average Bonchev–Trinajstić information content (AvgIpc) is 2.30. The summed E-state index contributed by atoms with van der Waals surface area (Å²) in [6.45, 7) is 4.83. The highest BCUT2D eigenvalue weighted by atomic mass is 15.1. The zero-order valence-corrected chi connectivity index (χ0v) is 11.1. The number of likely N-dealkylation sites (tertiary alicyclic amines) is 1. The molecule has 0 bridgehead atoms. The number of rotatable bonds is 4. The predicted octanol–water partition coefficient (Wildman–Crippen LogP) is 2.46. The predicted molar refractivity (Wildman–Crippen MR) is 73.0 cm³/mol. The van der Waals surface area contributed by atoms with Gasteiger partial charge in [0.05, 0.1) is 0 Å². The SMILES string of the molecule is CN1CCC[C@@H](CN(C)Cc2ccccc2)C1. The molecule has 0 saturated carbocycles. The van der Waals surface area contributed by atoms with Crippen molar-refractivity contribution in [3.63, 3.8) is 0 Å². The second-order valence-corrected chi connectivity index (χ2v) is 5.45. The summed E-state index contributed by atoms with van der Waals surface area (Å²) < 4.78 is 0. The number of benzene rings is 1. The highest BCUT2D eigenvalue weighted by molar-refractivity contribution is 5.14. The smallest absolute Gasteiger partial charge is 0.0230 e. The van der Waals surface area contributed by atoms with Crippen molar-refractivity contribution < 1.29 is 0 Å². The number of nitrogens with zero attached hydrogens (tertiary/aromatic N) is 2. The molecule has 17 heavy (non-hydrogen) atoms. The van der Waals surface area contributed by atoms with Crippen molar-refractivity contribution in [2.75, 3.05) is 33.7 Å². The Labute approximate surface area is 105 Å². The zero-order chi connectivity index (χ0) is 12.1. The van der Waals surface area contributed by atoms with Crippen molar-refractivity contribution in [3.05, 3.63) is 35.9 Å². The molecular weight excluding hydrogens is 208 g/mol. The second kappa shape index (κ2) is 6.18. The molecule has 2 heteroatoms. The normalized spacial score (nSPS) is 21.9. The van der Waals surface area contributed by atoms with Crippen molar-refractivity contribution in [2.24, 2.45) is 5.92 Å². The Hall–Kier alpha value is -0.860. The van der Waals surface area contributed by atoms with Crippen LogP contribution in [0.1, 0.15) is 18.4 Å². The van der Waals surface area contributed by atoms with Crippen molar-refractivity contribution in [1.82, 2.24) is 9.80 Å². The molecule has 1 heterocycles. The van der Waals surface area contributed by atoms with Gasteiger partial charge in [-0.1, -0.05) is 30.3 Å². The van der Waals surface area contributed by atoms with E-state index in [4.69, 9.17) is 0 Å². The van der Waals surface area contributed by atoms with Gasteiger partial charge in [-0.2, -0.15) is 0 Å². The van der Waals surface area contributed by atoms with Crippen LogP contribution in [0.25, 0.3) is 0 Å². The molecule has 94 valence electrons. The molecule has 2 nitrogen and oxygen atoms in total. The van der Waals surface area contributed by atoms with Crippen molar-refractivity contribution in [2.45, 2.75) is 19.4 Å². The molecule has 1 aliphatic rings. The maximum absolute atomic E-state index is 2.46. The van der Waals surface area contributed by atoms with Gasteiger partial charge in [-0.25, -0.2) is 0 Å². The van der Waals surface area contributed by atoms with E-state index in [1.165, 1.54) is 38.0 Å². The van der Waals surface area contributed by atoms with Crippen LogP contribution in [0.2, 0.25) is 0 Å². The maximum atomic E-state index is 2.46. The van der Waals surface area contributed by atoms with Gasteiger partial charge in [-0.15, -0.1) is 0 Å². The lowest BCUT2D eigenvalue weighted by molar-refractivity contribution is 0.163. The Kier molecular flexibility index (Phi) is 4.57. The fourth-order valence-corrected chi connectivity index (χ4v) is 2.82. The molecule has 1 atom stereocenters. The highest BCUT2D eigenvalue weighted by Gasteiger charge is 2.18. The minimum absolute atomic E-state index is 0.850. The summed E-state index contributed by atoms with van der Waals surface area (Å²) in [7, 11) is 4.48. The third-order valence-electron chi connectivity index (χ3n) is 3.59. The minimum Gasteiger partial charge on any atom is -0.306 e. The fourth-order valence-electron chi connectivity index (χ4n) is 2.82. The largest absolute Gasteiger partial charge is 0.306 e. The molecule has 1 aromatic carbocycles. The van der Waals surface area contributed by atoms with Crippen LogP contribution in [0.4, 0.5) is 0 Å². The lowest BCUT2D eigenvalue weighted by Gasteiger charge is -2.32. The van der Waals surface area contributed by atoms with Gasteiger partial charge in [-0.05, 0) is 45.0 Å². The molecule has 0 radical (unpaired) electrons. The molecule has 0 N–H and O–H groups in total. The van der Waals surface area contributed by atoms with E-state index in [0.717, 1.165) is 12.5 Å². The standard InChI is InChI=1S/C15H24N2/c1-16-10-6-9-15(12-16)13-17(2)11-14-7-4-3-5-8-14/h3-5,7-8,15H,6,9-13H2,1-2H3/t15-/m1/s1. The van der Waals surface area contributed by atoms with Gasteiger partial charge >= 0.3 is 0 Å². The summed E-state index contributed by atoms with van der Waals surface area (Å²) in [5.41, 5.74) is 1.42. The summed E-state index contributed by atoms with van der Waals surface area (Å²) in [6, 6.07) is 10.8. The molecule has 0 aromatic heterocycles. The molecule has 1 saturated heterocycles. The number of hydrogen-bond donors (Lipinski definition) is 0. The summed E-state index contributed by atoms with van der Waals surface area (Å²) in [6.07, 6.45) is 2.75. The molecule has 0 spiro atoms. The van der Waals surface area contributed by atoms with E-state index in [-0.39, 0.29) is 0 Å². The van der Waals surface area contributed by atoms with Crippen molar-refractivity contribution >= 4 is 0 Å². The van der Waals surface area contributed by atoms with E-state index >= 15 is 0 Å². The van der Waals surface area contributed by atoms with Crippen LogP contribution < -0.4 is 0 Å². The molecular formula is C15H24N2. The molecule has 1 fully saturated rings. The maximum Gasteiger partial charge on any atom is 0.0230 e. The summed E-state index contributed by atoms with van der Waals surface area (Å²) >= 11 is 0. The van der Waals surface area contributed by atoms with Crippen molar-refractivity contribution in [3.8, 4) is 0 Å². The first-order valence-corrected chi connectivity index (χ1v) is 6.65. The average molecular weight is 232 g/mol. The molecule has 1 aliphatic heterocycles.